The van der Waals surface area contributed by atoms with Crippen LogP contribution < -0.4 is 4.90 Å². The van der Waals surface area contributed by atoms with Crippen molar-refractivity contribution in [2.45, 2.75) is 31.2 Å². The Bertz CT molecular complexity index is 1090. The van der Waals surface area contributed by atoms with Crippen LogP contribution in [0.4, 0.5) is 5.69 Å². The Morgan fingerprint density at radius 1 is 1.04 bits per heavy atom. The molecule has 0 aliphatic carbocycles. The zero-order chi connectivity index (χ0) is 18.3. The SMILES string of the molecule is Cc1ccc2ccccc2c1CN1CCCc2cc(S(C)(=O)=O)ccc21. The van der Waals surface area contributed by atoms with Gasteiger partial charge >= 0.3 is 0 Å². The summed E-state index contributed by atoms with van der Waals surface area (Å²) in [6, 6.07) is 18.4. The van der Waals surface area contributed by atoms with Gasteiger partial charge in [0.2, 0.25) is 0 Å². The van der Waals surface area contributed by atoms with E-state index < -0.39 is 9.84 Å². The molecule has 0 saturated carbocycles. The number of hydrogen-bond donors (Lipinski definition) is 0. The van der Waals surface area contributed by atoms with Gasteiger partial charge in [0.1, 0.15) is 0 Å². The summed E-state index contributed by atoms with van der Waals surface area (Å²) < 4.78 is 23.7. The average molecular weight is 365 g/mol. The third kappa shape index (κ3) is 3.10. The van der Waals surface area contributed by atoms with Crippen LogP contribution in [0.15, 0.2) is 59.5 Å². The Kier molecular flexibility index (Phi) is 4.23. The fraction of sp³-hybridized carbons (Fsp3) is 0.273. The molecular formula is C22H23NO2S. The lowest BCUT2D eigenvalue weighted by Gasteiger charge is -2.32. The number of fused-ring (bicyclic) bond motifs is 2. The van der Waals surface area contributed by atoms with Crippen molar-refractivity contribution in [3.63, 3.8) is 0 Å². The summed E-state index contributed by atoms with van der Waals surface area (Å²) in [4.78, 5) is 2.80. The van der Waals surface area contributed by atoms with Gasteiger partial charge in [-0.05, 0) is 65.4 Å². The van der Waals surface area contributed by atoms with Gasteiger partial charge < -0.3 is 4.90 Å². The highest BCUT2D eigenvalue weighted by molar-refractivity contribution is 7.90. The summed E-state index contributed by atoms with van der Waals surface area (Å²) in [5.74, 6) is 0. The van der Waals surface area contributed by atoms with Gasteiger partial charge in [-0.1, -0.05) is 36.4 Å². The van der Waals surface area contributed by atoms with E-state index in [0.717, 1.165) is 37.2 Å². The molecule has 0 spiro atoms. The minimum Gasteiger partial charge on any atom is -0.367 e. The highest BCUT2D eigenvalue weighted by atomic mass is 32.2. The molecule has 0 fully saturated rings. The van der Waals surface area contributed by atoms with Gasteiger partial charge in [-0.15, -0.1) is 0 Å². The number of aryl methyl sites for hydroxylation is 2. The fourth-order valence-electron chi connectivity index (χ4n) is 3.89. The summed E-state index contributed by atoms with van der Waals surface area (Å²) in [5.41, 5.74) is 4.94. The molecule has 0 unspecified atom stereocenters. The highest BCUT2D eigenvalue weighted by Crippen LogP contribution is 2.32. The Hall–Kier alpha value is -2.33. The first-order chi connectivity index (χ1) is 12.4. The quantitative estimate of drug-likeness (QED) is 0.685. The van der Waals surface area contributed by atoms with Crippen LogP contribution in [0.25, 0.3) is 10.8 Å². The van der Waals surface area contributed by atoms with Crippen LogP contribution >= 0.6 is 0 Å². The zero-order valence-electron chi connectivity index (χ0n) is 15.2. The second kappa shape index (κ2) is 6.44. The van der Waals surface area contributed by atoms with Gasteiger partial charge in [0.25, 0.3) is 0 Å². The van der Waals surface area contributed by atoms with Crippen LogP contribution in [0.1, 0.15) is 23.1 Å². The molecule has 0 radical (unpaired) electrons. The summed E-state index contributed by atoms with van der Waals surface area (Å²) in [6.07, 6.45) is 3.25. The molecule has 1 heterocycles. The predicted molar refractivity (Wildman–Crippen MR) is 108 cm³/mol. The molecular weight excluding hydrogens is 342 g/mol. The molecule has 26 heavy (non-hydrogen) atoms. The van der Waals surface area contributed by atoms with Gasteiger partial charge in [0.15, 0.2) is 9.84 Å². The topological polar surface area (TPSA) is 37.4 Å². The number of rotatable bonds is 3. The van der Waals surface area contributed by atoms with E-state index in [1.54, 1.807) is 6.07 Å². The van der Waals surface area contributed by atoms with Crippen molar-refractivity contribution in [1.82, 2.24) is 0 Å². The van der Waals surface area contributed by atoms with E-state index in [0.29, 0.717) is 4.90 Å². The van der Waals surface area contributed by atoms with E-state index in [-0.39, 0.29) is 0 Å². The summed E-state index contributed by atoms with van der Waals surface area (Å²) in [7, 11) is -3.17. The highest BCUT2D eigenvalue weighted by Gasteiger charge is 2.20. The lowest BCUT2D eigenvalue weighted by atomic mass is 9.97. The van der Waals surface area contributed by atoms with E-state index in [9.17, 15) is 8.42 Å². The fourth-order valence-corrected chi connectivity index (χ4v) is 4.56. The van der Waals surface area contributed by atoms with Crippen molar-refractivity contribution < 1.29 is 8.42 Å². The lowest BCUT2D eigenvalue weighted by molar-refractivity contribution is 0.601. The van der Waals surface area contributed by atoms with Crippen LogP contribution in [0.2, 0.25) is 0 Å². The number of nitrogens with zero attached hydrogens (tertiary/aromatic N) is 1. The first-order valence-electron chi connectivity index (χ1n) is 8.98. The Balaban J connectivity index is 1.75. The normalized spacial score (nSPS) is 14.5. The van der Waals surface area contributed by atoms with Crippen LogP contribution in [-0.2, 0) is 22.8 Å². The average Bonchev–Trinajstić information content (AvgIpc) is 2.63. The van der Waals surface area contributed by atoms with E-state index in [2.05, 4.69) is 48.2 Å². The molecule has 3 aromatic carbocycles. The number of hydrogen-bond acceptors (Lipinski definition) is 3. The molecule has 1 aliphatic heterocycles. The van der Waals surface area contributed by atoms with Crippen molar-refractivity contribution >= 4 is 26.3 Å². The molecule has 0 amide bonds. The number of benzene rings is 3. The van der Waals surface area contributed by atoms with Gasteiger partial charge in [0.05, 0.1) is 4.90 Å². The molecule has 0 aromatic heterocycles. The van der Waals surface area contributed by atoms with Gasteiger partial charge in [0, 0.05) is 25.0 Å². The molecule has 3 aromatic rings. The molecule has 4 rings (SSSR count). The third-order valence-electron chi connectivity index (χ3n) is 5.32. The van der Waals surface area contributed by atoms with E-state index in [1.807, 2.05) is 12.1 Å². The first-order valence-corrected chi connectivity index (χ1v) is 10.9. The van der Waals surface area contributed by atoms with Crippen LogP contribution in [0.3, 0.4) is 0 Å². The Labute approximate surface area is 155 Å². The van der Waals surface area contributed by atoms with Gasteiger partial charge in [-0.25, -0.2) is 8.42 Å². The zero-order valence-corrected chi connectivity index (χ0v) is 16.0. The maximum Gasteiger partial charge on any atom is 0.175 e. The van der Waals surface area contributed by atoms with Crippen molar-refractivity contribution in [3.8, 4) is 0 Å². The second-order valence-electron chi connectivity index (χ2n) is 7.17. The van der Waals surface area contributed by atoms with Gasteiger partial charge in [-0.3, -0.25) is 0 Å². The lowest BCUT2D eigenvalue weighted by Crippen LogP contribution is -2.29. The predicted octanol–water partition coefficient (Wildman–Crippen LogP) is 4.50. The first kappa shape index (κ1) is 17.1. The largest absolute Gasteiger partial charge is 0.367 e. The minimum atomic E-state index is -3.17. The standard InChI is InChI=1S/C22H23NO2S/c1-16-9-10-17-6-3-4-8-20(17)21(16)15-23-13-5-7-18-14-19(26(2,24)25)11-12-22(18)23/h3-4,6,8-12,14H,5,7,13,15H2,1-2H3. The molecule has 0 atom stereocenters. The molecule has 1 aliphatic rings. The Morgan fingerprint density at radius 3 is 2.65 bits per heavy atom. The van der Waals surface area contributed by atoms with Crippen LogP contribution in [0.5, 0.6) is 0 Å². The van der Waals surface area contributed by atoms with Crippen molar-refractivity contribution in [3.05, 3.63) is 71.3 Å². The Morgan fingerprint density at radius 2 is 1.85 bits per heavy atom. The van der Waals surface area contributed by atoms with E-state index >= 15 is 0 Å². The summed E-state index contributed by atoms with van der Waals surface area (Å²) in [5, 5.41) is 2.56. The van der Waals surface area contributed by atoms with Crippen LogP contribution in [0, 0.1) is 6.92 Å². The van der Waals surface area contributed by atoms with E-state index in [1.165, 1.54) is 28.2 Å². The van der Waals surface area contributed by atoms with Crippen molar-refractivity contribution in [1.29, 1.82) is 0 Å². The maximum absolute atomic E-state index is 11.9. The second-order valence-corrected chi connectivity index (χ2v) is 9.19. The molecule has 0 bridgehead atoms. The molecule has 3 nitrogen and oxygen atoms in total. The van der Waals surface area contributed by atoms with E-state index in [4.69, 9.17) is 0 Å². The minimum absolute atomic E-state index is 0.416. The monoisotopic (exact) mass is 365 g/mol. The molecule has 134 valence electrons. The molecule has 0 saturated heterocycles. The van der Waals surface area contributed by atoms with Gasteiger partial charge in [-0.2, -0.15) is 0 Å². The number of anilines is 1. The van der Waals surface area contributed by atoms with Crippen molar-refractivity contribution in [2.24, 2.45) is 0 Å². The third-order valence-corrected chi connectivity index (χ3v) is 6.43. The molecule has 0 N–H and O–H groups in total. The summed E-state index contributed by atoms with van der Waals surface area (Å²) in [6.45, 7) is 4.01. The molecule has 4 heteroatoms. The maximum atomic E-state index is 11.9. The smallest absolute Gasteiger partial charge is 0.175 e. The van der Waals surface area contributed by atoms with Crippen molar-refractivity contribution in [2.75, 3.05) is 17.7 Å². The summed E-state index contributed by atoms with van der Waals surface area (Å²) >= 11 is 0. The van der Waals surface area contributed by atoms with Crippen LogP contribution in [-0.4, -0.2) is 21.2 Å². The number of sulfone groups is 1.